The van der Waals surface area contributed by atoms with Crippen molar-refractivity contribution < 1.29 is 15.7 Å². The molecule has 50 valence electrons. The normalized spacial score (nSPS) is 21.5. The highest BCUT2D eigenvalue weighted by Crippen LogP contribution is 1.76. The van der Waals surface area contributed by atoms with E-state index >= 15 is 0 Å². The van der Waals surface area contributed by atoms with E-state index < -0.39 is 13.1 Å². The van der Waals surface area contributed by atoms with Crippen LogP contribution in [0.2, 0.25) is 0 Å². The third-order valence-electron chi connectivity index (χ3n) is 0.681. The Kier molecular flexibility index (Phi) is 1.98. The second kappa shape index (κ2) is 5.03. The zero-order valence-corrected chi connectivity index (χ0v) is 4.76. The van der Waals surface area contributed by atoms with E-state index in [1.54, 1.807) is 0 Å². The molecule has 0 fully saturated rings. The summed E-state index contributed by atoms with van der Waals surface area (Å²) in [6.07, 6.45) is 0. The average molecular weight is 123 g/mol. The van der Waals surface area contributed by atoms with Crippen molar-refractivity contribution in [1.29, 1.82) is 0 Å². The maximum atomic E-state index is 8.67. The van der Waals surface area contributed by atoms with Crippen LogP contribution in [0.5, 0.6) is 0 Å². The molecule has 0 heterocycles. The van der Waals surface area contributed by atoms with Crippen LogP contribution in [0.25, 0.3) is 0 Å². The second-order valence-electron chi connectivity index (χ2n) is 1.49. The van der Waals surface area contributed by atoms with Gasteiger partial charge in [0.2, 0.25) is 0 Å². The van der Waals surface area contributed by atoms with Crippen LogP contribution < -0.4 is 0 Å². The first-order valence-corrected chi connectivity index (χ1v) is 2.23. The molecule has 0 aliphatic rings. The fraction of sp³-hybridized carbons (Fsp3) is 1.00. The maximum absolute atomic E-state index is 8.67. The molecule has 0 saturated carbocycles. The maximum Gasteiger partial charge on any atom is 0.0577 e. The quantitative estimate of drug-likeness (QED) is 0.499. The van der Waals surface area contributed by atoms with E-state index in [0.29, 0.717) is 0 Å². The summed E-state index contributed by atoms with van der Waals surface area (Å²) in [5, 5.41) is 17.3. The van der Waals surface area contributed by atoms with Crippen molar-refractivity contribution in [2.75, 3.05) is 33.3 Å². The molecule has 0 saturated heterocycles. The van der Waals surface area contributed by atoms with Gasteiger partial charge in [-0.05, 0) is 7.05 Å². The zero-order chi connectivity index (χ0) is 9.99. The largest absolute Gasteiger partial charge is 0.395 e. The molecule has 0 rings (SSSR count). The first-order chi connectivity index (χ1) is 5.10. The molecule has 0 aromatic rings. The fourth-order valence-corrected chi connectivity index (χ4v) is 0.297. The Morgan fingerprint density at radius 1 is 1.38 bits per heavy atom. The first kappa shape index (κ1) is 3.15. The van der Waals surface area contributed by atoms with E-state index in [9.17, 15) is 0 Å². The van der Waals surface area contributed by atoms with Crippen LogP contribution in [0, 0.1) is 0 Å². The van der Waals surface area contributed by atoms with Gasteiger partial charge in [0.1, 0.15) is 0 Å². The van der Waals surface area contributed by atoms with E-state index in [1.807, 2.05) is 0 Å². The Balaban J connectivity index is 3.83. The Bertz CT molecular complexity index is 125. The summed E-state index contributed by atoms with van der Waals surface area (Å²) in [7, 11) is 1.40. The van der Waals surface area contributed by atoms with Crippen LogP contribution in [0.15, 0.2) is 0 Å². The third kappa shape index (κ3) is 4.05. The van der Waals surface area contributed by atoms with Crippen molar-refractivity contribution in [1.82, 2.24) is 4.90 Å². The molecule has 2 N–H and O–H groups in total. The van der Waals surface area contributed by atoms with Crippen LogP contribution in [0.1, 0.15) is 5.48 Å². The second-order valence-corrected chi connectivity index (χ2v) is 1.49. The molecule has 0 aliphatic heterocycles. The van der Waals surface area contributed by atoms with Gasteiger partial charge in [-0.15, -0.1) is 0 Å². The molecule has 3 heteroatoms. The minimum Gasteiger partial charge on any atom is -0.395 e. The lowest BCUT2D eigenvalue weighted by Gasteiger charge is -2.11. The van der Waals surface area contributed by atoms with Gasteiger partial charge in [-0.3, -0.25) is 0 Å². The van der Waals surface area contributed by atoms with Crippen molar-refractivity contribution in [2.24, 2.45) is 0 Å². The van der Waals surface area contributed by atoms with Gasteiger partial charge in [-0.25, -0.2) is 0 Å². The molecule has 0 bridgehead atoms. The van der Waals surface area contributed by atoms with Gasteiger partial charge in [0.05, 0.1) is 18.6 Å². The highest BCUT2D eigenvalue weighted by atomic mass is 16.3. The lowest BCUT2D eigenvalue weighted by atomic mass is 10.5. The number of rotatable bonds is 4. The molecule has 3 nitrogen and oxygen atoms in total. The van der Waals surface area contributed by atoms with Crippen LogP contribution in [-0.2, 0) is 0 Å². The summed E-state index contributed by atoms with van der Waals surface area (Å²) in [5.74, 6) is 0. The summed E-state index contributed by atoms with van der Waals surface area (Å²) in [5.41, 5.74) is 0. The first-order valence-electron chi connectivity index (χ1n) is 4.23. The Morgan fingerprint density at radius 3 is 2.00 bits per heavy atom. The van der Waals surface area contributed by atoms with Crippen LogP contribution in [-0.4, -0.2) is 48.4 Å². The average Bonchev–Trinajstić information content (AvgIpc) is 1.49. The van der Waals surface area contributed by atoms with Gasteiger partial charge in [0, 0.05) is 13.1 Å². The van der Waals surface area contributed by atoms with Gasteiger partial charge in [-0.2, -0.15) is 0 Å². The van der Waals surface area contributed by atoms with Gasteiger partial charge in [0.15, 0.2) is 0 Å². The fourth-order valence-electron chi connectivity index (χ4n) is 0.297. The lowest BCUT2D eigenvalue weighted by molar-refractivity contribution is 0.184. The molecule has 0 aromatic heterocycles. The Morgan fingerprint density at radius 2 is 1.75 bits per heavy atom. The summed E-state index contributed by atoms with van der Waals surface area (Å²) in [4.78, 5) is 1.17. The summed E-state index contributed by atoms with van der Waals surface area (Å²) in [6, 6.07) is 0. The number of hydrogen-bond donors (Lipinski definition) is 2. The minimum absolute atomic E-state index is 0.340. The number of nitrogens with zero attached hydrogens (tertiary/aromatic N) is 1. The monoisotopic (exact) mass is 123 g/mol. The number of hydrogen-bond acceptors (Lipinski definition) is 3. The van der Waals surface area contributed by atoms with E-state index in [4.69, 9.17) is 15.7 Å². The predicted octanol–water partition coefficient (Wildman–Crippen LogP) is -1.10. The van der Waals surface area contributed by atoms with Crippen LogP contribution >= 0.6 is 0 Å². The molecule has 0 amide bonds. The molecular weight excluding hydrogens is 106 g/mol. The highest BCUT2D eigenvalue weighted by Gasteiger charge is 1.91. The van der Waals surface area contributed by atoms with Gasteiger partial charge in [0.25, 0.3) is 0 Å². The topological polar surface area (TPSA) is 43.7 Å². The predicted molar refractivity (Wildman–Crippen MR) is 31.7 cm³/mol. The summed E-state index contributed by atoms with van der Waals surface area (Å²) in [6.45, 7) is -5.40. The van der Waals surface area contributed by atoms with E-state index in [2.05, 4.69) is 0 Å². The Labute approximate surface area is 55.2 Å². The molecule has 0 unspecified atom stereocenters. The zero-order valence-electron chi connectivity index (χ0n) is 8.76. The smallest absolute Gasteiger partial charge is 0.0577 e. The highest BCUT2D eigenvalue weighted by molar-refractivity contribution is 4.45. The van der Waals surface area contributed by atoms with Crippen LogP contribution in [0.3, 0.4) is 0 Å². The molecule has 0 radical (unpaired) electrons. The van der Waals surface area contributed by atoms with E-state index in [1.165, 1.54) is 11.9 Å². The van der Waals surface area contributed by atoms with Gasteiger partial charge >= 0.3 is 0 Å². The SMILES string of the molecule is [2H]C([2H])(O)CN(C)CC([2H])([2H])O. The Hall–Kier alpha value is -0.120. The molecular formula is C5H13NO2. The molecule has 0 spiro atoms. The minimum atomic E-state index is -2.36. The molecule has 8 heavy (non-hydrogen) atoms. The molecule has 0 aliphatic carbocycles. The summed E-state index contributed by atoms with van der Waals surface area (Å²) < 4.78 is 27.0. The molecule has 0 atom stereocenters. The van der Waals surface area contributed by atoms with E-state index in [0.717, 1.165) is 0 Å². The van der Waals surface area contributed by atoms with Crippen LogP contribution in [0.4, 0.5) is 0 Å². The number of aliphatic hydroxyl groups is 2. The van der Waals surface area contributed by atoms with Crippen molar-refractivity contribution >= 4 is 0 Å². The standard InChI is InChI=1S/C5H13NO2/c1-6(2-4-7)3-5-8/h7-8H,2-5H2,1H3/i4D2,5D2. The number of likely N-dealkylation sites (N-methyl/N-ethyl adjacent to an activating group) is 1. The van der Waals surface area contributed by atoms with Crippen molar-refractivity contribution in [3.8, 4) is 0 Å². The van der Waals surface area contributed by atoms with Crippen molar-refractivity contribution in [2.45, 2.75) is 0 Å². The van der Waals surface area contributed by atoms with Gasteiger partial charge in [-0.1, -0.05) is 0 Å². The van der Waals surface area contributed by atoms with Crippen molar-refractivity contribution in [3.05, 3.63) is 0 Å². The van der Waals surface area contributed by atoms with E-state index in [-0.39, 0.29) is 13.1 Å². The lowest BCUT2D eigenvalue weighted by Crippen LogP contribution is -2.25. The molecule has 0 aromatic carbocycles. The summed E-state index contributed by atoms with van der Waals surface area (Å²) >= 11 is 0. The third-order valence-corrected chi connectivity index (χ3v) is 0.681. The van der Waals surface area contributed by atoms with Gasteiger partial charge < -0.3 is 15.1 Å². The van der Waals surface area contributed by atoms with Crippen molar-refractivity contribution in [3.63, 3.8) is 0 Å².